The summed E-state index contributed by atoms with van der Waals surface area (Å²) in [6, 6.07) is 0.291. The fraction of sp³-hybridized carbons (Fsp3) is 0.500. The van der Waals surface area contributed by atoms with Crippen molar-refractivity contribution < 1.29 is 4.74 Å². The predicted molar refractivity (Wildman–Crippen MR) is 70.3 cm³/mol. The summed E-state index contributed by atoms with van der Waals surface area (Å²) >= 11 is 1.30. The SMILES string of the molecule is CNc1nc(OC(C)C)nc(Sc2ncnn2C)n1. The van der Waals surface area contributed by atoms with Crippen molar-refractivity contribution in [3.05, 3.63) is 6.33 Å². The molecule has 0 atom stereocenters. The summed E-state index contributed by atoms with van der Waals surface area (Å²) < 4.78 is 7.14. The van der Waals surface area contributed by atoms with Gasteiger partial charge in [0, 0.05) is 14.1 Å². The van der Waals surface area contributed by atoms with E-state index in [9.17, 15) is 0 Å². The second-order valence-corrected chi connectivity index (χ2v) is 4.84. The van der Waals surface area contributed by atoms with Crippen LogP contribution >= 0.6 is 11.8 Å². The lowest BCUT2D eigenvalue weighted by Crippen LogP contribution is -2.11. The summed E-state index contributed by atoms with van der Waals surface area (Å²) in [7, 11) is 3.55. The van der Waals surface area contributed by atoms with Gasteiger partial charge in [0.15, 0.2) is 5.16 Å². The van der Waals surface area contributed by atoms with E-state index in [0.717, 1.165) is 0 Å². The summed E-state index contributed by atoms with van der Waals surface area (Å²) in [5, 5.41) is 8.07. The Labute approximate surface area is 115 Å². The van der Waals surface area contributed by atoms with Crippen LogP contribution in [-0.4, -0.2) is 42.9 Å². The number of aryl methyl sites for hydroxylation is 1. The Morgan fingerprint density at radius 3 is 2.68 bits per heavy atom. The number of hydrogen-bond donors (Lipinski definition) is 1. The number of hydrogen-bond acceptors (Lipinski definition) is 8. The smallest absolute Gasteiger partial charge is 0.322 e. The van der Waals surface area contributed by atoms with E-state index in [1.165, 1.54) is 18.1 Å². The molecule has 0 bridgehead atoms. The van der Waals surface area contributed by atoms with E-state index >= 15 is 0 Å². The molecule has 2 rings (SSSR count). The Morgan fingerprint density at radius 1 is 1.32 bits per heavy atom. The predicted octanol–water partition coefficient (Wildman–Crippen LogP) is 0.980. The van der Waals surface area contributed by atoms with Gasteiger partial charge in [0.05, 0.1) is 6.10 Å². The molecule has 2 aromatic heterocycles. The monoisotopic (exact) mass is 281 g/mol. The highest BCUT2D eigenvalue weighted by Gasteiger charge is 2.12. The fourth-order valence-electron chi connectivity index (χ4n) is 1.22. The van der Waals surface area contributed by atoms with Gasteiger partial charge in [0.1, 0.15) is 6.33 Å². The molecule has 0 saturated carbocycles. The van der Waals surface area contributed by atoms with Crippen LogP contribution < -0.4 is 10.1 Å². The standard InChI is InChI=1S/C10H15N7OS/c1-6(2)18-8-14-7(11-3)15-9(16-8)19-10-12-5-13-17(10)4/h5-6H,1-4H3,(H,11,14,15,16). The molecule has 0 unspecified atom stereocenters. The molecule has 0 aromatic carbocycles. The molecule has 8 nitrogen and oxygen atoms in total. The van der Waals surface area contributed by atoms with Crippen molar-refractivity contribution in [2.24, 2.45) is 7.05 Å². The van der Waals surface area contributed by atoms with Gasteiger partial charge < -0.3 is 10.1 Å². The van der Waals surface area contributed by atoms with E-state index in [-0.39, 0.29) is 6.10 Å². The first-order valence-electron chi connectivity index (χ1n) is 5.71. The van der Waals surface area contributed by atoms with Gasteiger partial charge in [-0.3, -0.25) is 0 Å². The van der Waals surface area contributed by atoms with Crippen LogP contribution in [0, 0.1) is 0 Å². The van der Waals surface area contributed by atoms with E-state index in [2.05, 4.69) is 30.4 Å². The highest BCUT2D eigenvalue weighted by atomic mass is 32.2. The van der Waals surface area contributed by atoms with Crippen molar-refractivity contribution in [1.82, 2.24) is 29.7 Å². The van der Waals surface area contributed by atoms with Crippen LogP contribution in [0.3, 0.4) is 0 Å². The summed E-state index contributed by atoms with van der Waals surface area (Å²) in [5.74, 6) is 0.454. The van der Waals surface area contributed by atoms with Crippen molar-refractivity contribution in [3.8, 4) is 6.01 Å². The van der Waals surface area contributed by atoms with Crippen LogP contribution in [-0.2, 0) is 7.05 Å². The third-order valence-electron chi connectivity index (χ3n) is 2.01. The maximum absolute atomic E-state index is 5.49. The lowest BCUT2D eigenvalue weighted by atomic mass is 10.5. The molecule has 2 heterocycles. The Bertz CT molecular complexity index is 557. The van der Waals surface area contributed by atoms with Crippen LogP contribution in [0.5, 0.6) is 6.01 Å². The molecule has 0 radical (unpaired) electrons. The van der Waals surface area contributed by atoms with Crippen LogP contribution in [0.2, 0.25) is 0 Å². The molecule has 0 aliphatic heterocycles. The number of rotatable bonds is 5. The average molecular weight is 281 g/mol. The molecule has 102 valence electrons. The van der Waals surface area contributed by atoms with E-state index in [4.69, 9.17) is 4.74 Å². The van der Waals surface area contributed by atoms with Crippen molar-refractivity contribution in [1.29, 1.82) is 0 Å². The van der Waals surface area contributed by atoms with Crippen LogP contribution in [0.1, 0.15) is 13.8 Å². The Hall–Kier alpha value is -1.90. The first kappa shape index (κ1) is 13.5. The molecule has 0 fully saturated rings. The van der Waals surface area contributed by atoms with Gasteiger partial charge in [-0.15, -0.1) is 0 Å². The van der Waals surface area contributed by atoms with Crippen molar-refractivity contribution in [2.75, 3.05) is 12.4 Å². The van der Waals surface area contributed by atoms with E-state index in [1.54, 1.807) is 18.8 Å². The highest BCUT2D eigenvalue weighted by molar-refractivity contribution is 7.99. The Kier molecular flexibility index (Phi) is 4.15. The van der Waals surface area contributed by atoms with E-state index < -0.39 is 0 Å². The average Bonchev–Trinajstić information content (AvgIpc) is 2.74. The summed E-state index contributed by atoms with van der Waals surface area (Å²) in [5.41, 5.74) is 0. The summed E-state index contributed by atoms with van der Waals surface area (Å²) in [6.07, 6.45) is 1.48. The van der Waals surface area contributed by atoms with Gasteiger partial charge in [-0.1, -0.05) is 0 Å². The van der Waals surface area contributed by atoms with Gasteiger partial charge in [-0.2, -0.15) is 20.1 Å². The van der Waals surface area contributed by atoms with E-state index in [0.29, 0.717) is 22.3 Å². The summed E-state index contributed by atoms with van der Waals surface area (Å²) in [4.78, 5) is 16.7. The van der Waals surface area contributed by atoms with Crippen LogP contribution in [0.15, 0.2) is 16.6 Å². The van der Waals surface area contributed by atoms with Crippen LogP contribution in [0.4, 0.5) is 5.95 Å². The molecule has 0 saturated heterocycles. The third kappa shape index (κ3) is 3.53. The molecule has 19 heavy (non-hydrogen) atoms. The summed E-state index contributed by atoms with van der Waals surface area (Å²) in [6.45, 7) is 3.83. The van der Waals surface area contributed by atoms with Gasteiger partial charge >= 0.3 is 6.01 Å². The van der Waals surface area contributed by atoms with Crippen molar-refractivity contribution in [3.63, 3.8) is 0 Å². The van der Waals surface area contributed by atoms with Gasteiger partial charge in [-0.25, -0.2) is 9.67 Å². The zero-order valence-electron chi connectivity index (χ0n) is 11.2. The van der Waals surface area contributed by atoms with E-state index in [1.807, 2.05) is 13.8 Å². The minimum atomic E-state index is -0.000200. The van der Waals surface area contributed by atoms with Gasteiger partial charge in [0.2, 0.25) is 11.1 Å². The third-order valence-corrected chi connectivity index (χ3v) is 2.93. The van der Waals surface area contributed by atoms with Crippen LogP contribution in [0.25, 0.3) is 0 Å². The molecule has 9 heteroatoms. The molecule has 0 amide bonds. The molecule has 1 N–H and O–H groups in total. The molecule has 0 spiro atoms. The maximum atomic E-state index is 5.49. The molecular formula is C10H15N7OS. The lowest BCUT2D eigenvalue weighted by molar-refractivity contribution is 0.219. The number of nitrogens with one attached hydrogen (secondary N) is 1. The first-order chi connectivity index (χ1) is 9.08. The molecule has 0 aliphatic rings. The van der Waals surface area contributed by atoms with Crippen molar-refractivity contribution in [2.45, 2.75) is 30.3 Å². The number of aromatic nitrogens is 6. The highest BCUT2D eigenvalue weighted by Crippen LogP contribution is 2.23. The number of anilines is 1. The largest absolute Gasteiger partial charge is 0.461 e. The zero-order chi connectivity index (χ0) is 13.8. The second kappa shape index (κ2) is 5.83. The van der Waals surface area contributed by atoms with Crippen molar-refractivity contribution >= 4 is 17.7 Å². The lowest BCUT2D eigenvalue weighted by Gasteiger charge is -2.09. The fourth-order valence-corrected chi connectivity index (χ4v) is 1.92. The quantitative estimate of drug-likeness (QED) is 0.867. The van der Waals surface area contributed by atoms with Gasteiger partial charge in [0.25, 0.3) is 0 Å². The minimum absolute atomic E-state index is 0.000200. The molecule has 0 aliphatic carbocycles. The Balaban J connectivity index is 2.26. The Morgan fingerprint density at radius 2 is 2.11 bits per heavy atom. The number of nitrogens with zero attached hydrogens (tertiary/aromatic N) is 6. The zero-order valence-corrected chi connectivity index (χ0v) is 12.0. The minimum Gasteiger partial charge on any atom is -0.461 e. The normalized spacial score (nSPS) is 10.8. The number of ether oxygens (including phenoxy) is 1. The second-order valence-electron chi connectivity index (χ2n) is 3.91. The maximum Gasteiger partial charge on any atom is 0.322 e. The molecule has 2 aromatic rings. The molecular weight excluding hydrogens is 266 g/mol. The first-order valence-corrected chi connectivity index (χ1v) is 6.52. The van der Waals surface area contributed by atoms with Gasteiger partial charge in [-0.05, 0) is 25.6 Å². The topological polar surface area (TPSA) is 90.6 Å².